The molecule has 0 fully saturated rings. The Labute approximate surface area is 136 Å². The zero-order valence-corrected chi connectivity index (χ0v) is 14.4. The topological polar surface area (TPSA) is 46.5 Å². The van der Waals surface area contributed by atoms with Crippen LogP contribution in [0.4, 0.5) is 0 Å². The van der Waals surface area contributed by atoms with E-state index in [4.69, 9.17) is 0 Å². The van der Waals surface area contributed by atoms with Gasteiger partial charge in [-0.2, -0.15) is 0 Å². The van der Waals surface area contributed by atoms with Crippen molar-refractivity contribution in [2.45, 2.75) is 83.7 Å². The molecule has 0 bridgehead atoms. The molecule has 0 rings (SSSR count). The van der Waals surface area contributed by atoms with Crippen molar-refractivity contribution in [1.29, 1.82) is 0 Å². The molecule has 0 aliphatic carbocycles. The molecule has 0 amide bonds. The maximum Gasteiger partial charge on any atom is 0.305 e. The van der Waals surface area contributed by atoms with Crippen molar-refractivity contribution in [3.05, 3.63) is 24.3 Å². The minimum atomic E-state index is -0.175. The van der Waals surface area contributed by atoms with E-state index >= 15 is 0 Å². The van der Waals surface area contributed by atoms with Crippen LogP contribution >= 0.6 is 0 Å². The molecule has 0 radical (unpaired) electrons. The fourth-order valence-corrected chi connectivity index (χ4v) is 2.27. The van der Waals surface area contributed by atoms with Gasteiger partial charge in [0.2, 0.25) is 0 Å². The van der Waals surface area contributed by atoms with Crippen LogP contribution in [0.2, 0.25) is 0 Å². The summed E-state index contributed by atoms with van der Waals surface area (Å²) in [5.74, 6) is -0.117. The first-order chi connectivity index (χ1) is 10.7. The van der Waals surface area contributed by atoms with Gasteiger partial charge in [-0.3, -0.25) is 4.79 Å². The number of aliphatic hydroxyl groups excluding tert-OH is 1. The Bertz CT molecular complexity index is 308. The molecular formula is C19H34O3. The Morgan fingerprint density at radius 1 is 1.00 bits per heavy atom. The van der Waals surface area contributed by atoms with E-state index in [9.17, 15) is 9.90 Å². The van der Waals surface area contributed by atoms with Crippen LogP contribution in [0.25, 0.3) is 0 Å². The highest BCUT2D eigenvalue weighted by Gasteiger charge is 2.03. The summed E-state index contributed by atoms with van der Waals surface area (Å²) in [6.07, 6.45) is 19.1. The maximum atomic E-state index is 10.9. The van der Waals surface area contributed by atoms with E-state index < -0.39 is 0 Å². The molecular weight excluding hydrogens is 276 g/mol. The largest absolute Gasteiger partial charge is 0.469 e. The summed E-state index contributed by atoms with van der Waals surface area (Å²) in [4.78, 5) is 10.9. The number of carbonyl (C=O) groups excluding carboxylic acids is 1. The Morgan fingerprint density at radius 2 is 1.68 bits per heavy atom. The molecule has 1 atom stereocenters. The van der Waals surface area contributed by atoms with Gasteiger partial charge in [0.15, 0.2) is 0 Å². The van der Waals surface area contributed by atoms with Gasteiger partial charge in [-0.25, -0.2) is 0 Å². The lowest BCUT2D eigenvalue weighted by molar-refractivity contribution is -0.140. The van der Waals surface area contributed by atoms with Crippen molar-refractivity contribution in [3.8, 4) is 0 Å². The quantitative estimate of drug-likeness (QED) is 0.281. The van der Waals surface area contributed by atoms with E-state index in [-0.39, 0.29) is 12.1 Å². The van der Waals surface area contributed by atoms with Crippen molar-refractivity contribution >= 4 is 5.97 Å². The highest BCUT2D eigenvalue weighted by atomic mass is 16.5. The Balaban J connectivity index is 3.34. The van der Waals surface area contributed by atoms with E-state index in [1.807, 2.05) is 0 Å². The predicted molar refractivity (Wildman–Crippen MR) is 92.8 cm³/mol. The van der Waals surface area contributed by atoms with Gasteiger partial charge >= 0.3 is 5.97 Å². The summed E-state index contributed by atoms with van der Waals surface area (Å²) in [6.45, 7) is 2.13. The Kier molecular flexibility index (Phi) is 15.5. The lowest BCUT2D eigenvalue weighted by Gasteiger charge is -2.08. The minimum Gasteiger partial charge on any atom is -0.469 e. The maximum absolute atomic E-state index is 10.9. The van der Waals surface area contributed by atoms with Crippen LogP contribution in [0.3, 0.4) is 0 Å². The molecule has 0 aromatic rings. The van der Waals surface area contributed by atoms with Gasteiger partial charge in [0.1, 0.15) is 0 Å². The van der Waals surface area contributed by atoms with Crippen LogP contribution in [0.1, 0.15) is 77.6 Å². The smallest absolute Gasteiger partial charge is 0.305 e. The third kappa shape index (κ3) is 15.3. The first kappa shape index (κ1) is 20.9. The molecule has 22 heavy (non-hydrogen) atoms. The molecule has 0 saturated carbocycles. The predicted octanol–water partition coefficient (Wildman–Crippen LogP) is 4.94. The van der Waals surface area contributed by atoms with Gasteiger partial charge in [-0.05, 0) is 38.5 Å². The second-order valence-corrected chi connectivity index (χ2v) is 5.70. The first-order valence-corrected chi connectivity index (χ1v) is 8.75. The van der Waals surface area contributed by atoms with Crippen LogP contribution in [0.5, 0.6) is 0 Å². The highest BCUT2D eigenvalue weighted by Crippen LogP contribution is 2.12. The summed E-state index contributed by atoms with van der Waals surface area (Å²) in [5, 5.41) is 9.89. The first-order valence-electron chi connectivity index (χ1n) is 8.75. The average molecular weight is 310 g/mol. The number of carbonyl (C=O) groups is 1. The number of aliphatic hydroxyl groups is 1. The van der Waals surface area contributed by atoms with Crippen LogP contribution < -0.4 is 0 Å². The number of rotatable bonds is 14. The molecule has 0 aromatic carbocycles. The van der Waals surface area contributed by atoms with Crippen molar-refractivity contribution in [3.63, 3.8) is 0 Å². The normalized spacial score (nSPS) is 13.0. The molecule has 1 N–H and O–H groups in total. The summed E-state index contributed by atoms with van der Waals surface area (Å²) < 4.78 is 4.60. The zero-order chi connectivity index (χ0) is 16.5. The number of hydrogen-bond donors (Lipinski definition) is 1. The van der Waals surface area contributed by atoms with E-state index in [0.29, 0.717) is 6.42 Å². The monoisotopic (exact) mass is 310 g/mol. The molecule has 0 aromatic heterocycles. The third-order valence-corrected chi connectivity index (χ3v) is 3.65. The molecule has 0 aliphatic rings. The van der Waals surface area contributed by atoms with Crippen molar-refractivity contribution in [2.24, 2.45) is 0 Å². The molecule has 128 valence electrons. The summed E-state index contributed by atoms with van der Waals surface area (Å²) in [6, 6.07) is 0. The highest BCUT2D eigenvalue weighted by molar-refractivity contribution is 5.68. The van der Waals surface area contributed by atoms with Crippen LogP contribution in [-0.4, -0.2) is 24.3 Å². The molecule has 0 heterocycles. The Morgan fingerprint density at radius 3 is 2.41 bits per heavy atom. The minimum absolute atomic E-state index is 0.117. The molecule has 0 unspecified atom stereocenters. The van der Waals surface area contributed by atoms with Gasteiger partial charge in [0.05, 0.1) is 13.2 Å². The second-order valence-electron chi connectivity index (χ2n) is 5.70. The van der Waals surface area contributed by atoms with Gasteiger partial charge < -0.3 is 9.84 Å². The second kappa shape index (κ2) is 16.3. The lowest BCUT2D eigenvalue weighted by Crippen LogP contribution is -2.05. The number of hydrogen-bond acceptors (Lipinski definition) is 3. The molecule has 0 saturated heterocycles. The molecule has 3 nitrogen and oxygen atoms in total. The van der Waals surface area contributed by atoms with E-state index in [0.717, 1.165) is 64.2 Å². The summed E-state index contributed by atoms with van der Waals surface area (Å²) in [5.41, 5.74) is 0. The van der Waals surface area contributed by atoms with Crippen LogP contribution in [0, 0.1) is 0 Å². The number of ether oxygens (including phenoxy) is 1. The van der Waals surface area contributed by atoms with Gasteiger partial charge in [0, 0.05) is 6.42 Å². The summed E-state index contributed by atoms with van der Waals surface area (Å²) >= 11 is 0. The fraction of sp³-hybridized carbons (Fsp3) is 0.737. The van der Waals surface area contributed by atoms with Crippen LogP contribution in [-0.2, 0) is 9.53 Å². The number of unbranched alkanes of at least 4 members (excludes halogenated alkanes) is 4. The number of allylic oxidation sites excluding steroid dienone is 4. The van der Waals surface area contributed by atoms with Crippen molar-refractivity contribution in [2.75, 3.05) is 7.11 Å². The van der Waals surface area contributed by atoms with E-state index in [2.05, 4.69) is 36.0 Å². The molecule has 0 spiro atoms. The zero-order valence-electron chi connectivity index (χ0n) is 14.4. The van der Waals surface area contributed by atoms with Gasteiger partial charge in [0.25, 0.3) is 0 Å². The lowest BCUT2D eigenvalue weighted by atomic mass is 10.0. The average Bonchev–Trinajstić information content (AvgIpc) is 2.52. The molecule has 3 heteroatoms. The van der Waals surface area contributed by atoms with Crippen molar-refractivity contribution in [1.82, 2.24) is 0 Å². The third-order valence-electron chi connectivity index (χ3n) is 3.65. The SMILES string of the molecule is CC/C=C\C/C=C\CC[C@H](O)CCCCCCCC(=O)OC. The fourth-order valence-electron chi connectivity index (χ4n) is 2.27. The number of esters is 1. The standard InChI is InChI=1S/C19H34O3/c1-3-4-5-6-7-9-12-15-18(20)16-13-10-8-11-14-17-19(21)22-2/h4-5,7,9,18,20H,3,6,8,10-17H2,1-2H3/b5-4-,9-7-/t18-/m0/s1. The van der Waals surface area contributed by atoms with Gasteiger partial charge in [-0.15, -0.1) is 0 Å². The van der Waals surface area contributed by atoms with Crippen LogP contribution in [0.15, 0.2) is 24.3 Å². The van der Waals surface area contributed by atoms with E-state index in [1.54, 1.807) is 0 Å². The summed E-state index contributed by atoms with van der Waals surface area (Å²) in [7, 11) is 1.43. The van der Waals surface area contributed by atoms with Crippen molar-refractivity contribution < 1.29 is 14.6 Å². The molecule has 0 aliphatic heterocycles. The van der Waals surface area contributed by atoms with Gasteiger partial charge in [-0.1, -0.05) is 56.9 Å². The Hall–Kier alpha value is -1.09. The number of methoxy groups -OCH3 is 1. The van der Waals surface area contributed by atoms with E-state index in [1.165, 1.54) is 7.11 Å².